The number of thiazole rings is 1. The van der Waals surface area contributed by atoms with E-state index >= 15 is 0 Å². The van der Waals surface area contributed by atoms with Gasteiger partial charge in [-0.3, -0.25) is 9.36 Å². The molecule has 0 amide bonds. The van der Waals surface area contributed by atoms with Crippen LogP contribution in [0.5, 0.6) is 0 Å². The van der Waals surface area contributed by atoms with E-state index in [-0.39, 0.29) is 5.92 Å². The minimum absolute atomic E-state index is 0.182. The Morgan fingerprint density at radius 3 is 2.54 bits per heavy atom. The number of aryl methyl sites for hydroxylation is 2. The van der Waals surface area contributed by atoms with E-state index in [1.165, 1.54) is 25.4 Å². The molecule has 8 nitrogen and oxygen atoms in total. The van der Waals surface area contributed by atoms with Gasteiger partial charge in [0, 0.05) is 31.4 Å². The van der Waals surface area contributed by atoms with Gasteiger partial charge in [-0.15, -0.1) is 11.3 Å². The first-order valence-corrected chi connectivity index (χ1v) is 9.78. The fraction of sp³-hybridized carbons (Fsp3) is 0.500. The maximum absolute atomic E-state index is 12.7. The van der Waals surface area contributed by atoms with Crippen molar-refractivity contribution in [2.45, 2.75) is 30.7 Å². The van der Waals surface area contributed by atoms with Gasteiger partial charge in [0.15, 0.2) is 4.90 Å². The molecule has 1 atom stereocenters. The molecule has 24 heavy (non-hydrogen) atoms. The molecule has 0 saturated heterocycles. The van der Waals surface area contributed by atoms with Gasteiger partial charge in [-0.05, 0) is 25.7 Å². The van der Waals surface area contributed by atoms with E-state index in [1.807, 2.05) is 12.3 Å². The molecule has 1 unspecified atom stereocenters. The van der Waals surface area contributed by atoms with Crippen LogP contribution in [0.1, 0.15) is 29.6 Å². The van der Waals surface area contributed by atoms with Crippen molar-refractivity contribution in [2.75, 3.05) is 0 Å². The smallest absolute Gasteiger partial charge is 0.302 e. The number of aromatic nitrogens is 3. The predicted octanol–water partition coefficient (Wildman–Crippen LogP) is 0.279. The zero-order valence-electron chi connectivity index (χ0n) is 13.5. The van der Waals surface area contributed by atoms with E-state index in [9.17, 15) is 18.0 Å². The average molecular weight is 370 g/mol. The van der Waals surface area contributed by atoms with Crippen LogP contribution in [0.3, 0.4) is 0 Å². The van der Waals surface area contributed by atoms with Crippen LogP contribution < -0.4 is 16.0 Å². The maximum atomic E-state index is 12.7. The van der Waals surface area contributed by atoms with E-state index in [4.69, 9.17) is 0 Å². The number of nitrogens with one attached hydrogen (secondary N) is 1. The largest absolute Gasteiger partial charge is 0.330 e. The molecule has 1 saturated carbocycles. The maximum Gasteiger partial charge on any atom is 0.330 e. The summed E-state index contributed by atoms with van der Waals surface area (Å²) in [7, 11) is -1.41. The lowest BCUT2D eigenvalue weighted by Gasteiger charge is -2.16. The molecule has 1 N–H and O–H groups in total. The van der Waals surface area contributed by atoms with Gasteiger partial charge in [0.25, 0.3) is 5.56 Å². The molecular weight excluding hydrogens is 352 g/mol. The third-order valence-corrected chi connectivity index (χ3v) is 6.45. The first-order valence-electron chi connectivity index (χ1n) is 7.41. The van der Waals surface area contributed by atoms with E-state index in [1.54, 1.807) is 0 Å². The molecular formula is C14H18N4O4S2. The van der Waals surface area contributed by atoms with Gasteiger partial charge in [0.2, 0.25) is 10.0 Å². The van der Waals surface area contributed by atoms with Crippen molar-refractivity contribution in [1.82, 2.24) is 18.8 Å². The number of hydrogen-bond acceptors (Lipinski definition) is 6. The second kappa shape index (κ2) is 5.94. The van der Waals surface area contributed by atoms with Gasteiger partial charge in [0.1, 0.15) is 5.01 Å². The topological polar surface area (TPSA) is 103 Å². The lowest BCUT2D eigenvalue weighted by atomic mass is 10.2. The summed E-state index contributed by atoms with van der Waals surface area (Å²) < 4.78 is 29.9. The highest BCUT2D eigenvalue weighted by atomic mass is 32.2. The standard InChI is InChI=1S/C14H18N4O4S2/c1-8-7-23-12(15-8)11(9-4-5-9)16-24(21,22)10-6-17(2)14(20)18(3)13(10)19/h6-7,9,11,16H,4-5H2,1-3H3. The molecule has 2 heterocycles. The summed E-state index contributed by atoms with van der Waals surface area (Å²) in [6, 6.07) is -0.448. The minimum atomic E-state index is -4.07. The van der Waals surface area contributed by atoms with E-state index < -0.39 is 32.2 Å². The normalized spacial score (nSPS) is 16.3. The summed E-state index contributed by atoms with van der Waals surface area (Å²) in [6.45, 7) is 1.85. The van der Waals surface area contributed by atoms with Crippen LogP contribution in [0.2, 0.25) is 0 Å². The minimum Gasteiger partial charge on any atom is -0.302 e. The summed E-state index contributed by atoms with van der Waals surface area (Å²) in [5, 5.41) is 2.56. The Bertz CT molecular complexity index is 999. The average Bonchev–Trinajstić information content (AvgIpc) is 3.27. The molecule has 1 aliphatic carbocycles. The molecule has 130 valence electrons. The van der Waals surface area contributed by atoms with Crippen molar-refractivity contribution >= 4 is 21.4 Å². The Morgan fingerprint density at radius 2 is 2.00 bits per heavy atom. The molecule has 10 heteroatoms. The van der Waals surface area contributed by atoms with Crippen molar-refractivity contribution in [3.63, 3.8) is 0 Å². The monoisotopic (exact) mass is 370 g/mol. The molecule has 0 aromatic carbocycles. The van der Waals surface area contributed by atoms with Gasteiger partial charge >= 0.3 is 5.69 Å². The number of sulfonamides is 1. The fourth-order valence-corrected chi connectivity index (χ4v) is 4.93. The second-order valence-electron chi connectivity index (χ2n) is 6.01. The predicted molar refractivity (Wildman–Crippen MR) is 89.6 cm³/mol. The quantitative estimate of drug-likeness (QED) is 0.814. The molecule has 1 aliphatic rings. The van der Waals surface area contributed by atoms with Crippen LogP contribution in [0.15, 0.2) is 26.1 Å². The second-order valence-corrected chi connectivity index (χ2v) is 8.59. The van der Waals surface area contributed by atoms with Crippen molar-refractivity contribution in [2.24, 2.45) is 20.0 Å². The van der Waals surface area contributed by atoms with E-state index in [2.05, 4.69) is 9.71 Å². The third kappa shape index (κ3) is 3.08. The molecule has 2 aromatic heterocycles. The van der Waals surface area contributed by atoms with E-state index in [0.29, 0.717) is 5.01 Å². The molecule has 2 aromatic rings. The Balaban J connectivity index is 2.02. The number of rotatable bonds is 5. The van der Waals surface area contributed by atoms with Crippen LogP contribution in [0.4, 0.5) is 0 Å². The van der Waals surface area contributed by atoms with Crippen molar-refractivity contribution < 1.29 is 8.42 Å². The lowest BCUT2D eigenvalue weighted by molar-refractivity contribution is 0.522. The molecule has 0 bridgehead atoms. The van der Waals surface area contributed by atoms with Crippen molar-refractivity contribution in [3.05, 3.63) is 43.1 Å². The summed E-state index contributed by atoms with van der Waals surface area (Å²) >= 11 is 1.40. The van der Waals surface area contributed by atoms with Crippen molar-refractivity contribution in [1.29, 1.82) is 0 Å². The van der Waals surface area contributed by atoms with Gasteiger partial charge < -0.3 is 4.57 Å². The number of nitrogens with zero attached hydrogens (tertiary/aromatic N) is 3. The third-order valence-electron chi connectivity index (χ3n) is 3.98. The van der Waals surface area contributed by atoms with Crippen LogP contribution in [0, 0.1) is 12.8 Å². The highest BCUT2D eigenvalue weighted by Crippen LogP contribution is 2.42. The highest BCUT2D eigenvalue weighted by molar-refractivity contribution is 7.89. The summed E-state index contributed by atoms with van der Waals surface area (Å²) in [6.07, 6.45) is 2.89. The Labute approximate surface area is 142 Å². The van der Waals surface area contributed by atoms with Gasteiger partial charge in [-0.2, -0.15) is 0 Å². The summed E-state index contributed by atoms with van der Waals surface area (Å²) in [5.41, 5.74) is -0.582. The Morgan fingerprint density at radius 1 is 1.33 bits per heavy atom. The summed E-state index contributed by atoms with van der Waals surface area (Å²) in [4.78, 5) is 27.9. The molecule has 3 rings (SSSR count). The first-order chi connectivity index (χ1) is 11.2. The zero-order chi connectivity index (χ0) is 17.6. The van der Waals surface area contributed by atoms with Crippen LogP contribution in [-0.4, -0.2) is 22.5 Å². The first kappa shape index (κ1) is 17.1. The van der Waals surface area contributed by atoms with Gasteiger partial charge in [-0.25, -0.2) is 22.9 Å². The number of hydrogen-bond donors (Lipinski definition) is 1. The molecule has 0 aliphatic heterocycles. The lowest BCUT2D eigenvalue weighted by Crippen LogP contribution is -2.42. The van der Waals surface area contributed by atoms with Crippen LogP contribution >= 0.6 is 11.3 Å². The Kier molecular flexibility index (Phi) is 4.22. The van der Waals surface area contributed by atoms with E-state index in [0.717, 1.165) is 33.9 Å². The SMILES string of the molecule is Cc1csc(C(NS(=O)(=O)c2cn(C)c(=O)n(C)c2=O)C2CC2)n1. The zero-order valence-corrected chi connectivity index (χ0v) is 15.1. The molecule has 1 fully saturated rings. The highest BCUT2D eigenvalue weighted by Gasteiger charge is 2.38. The molecule has 0 spiro atoms. The van der Waals surface area contributed by atoms with Crippen LogP contribution in [0.25, 0.3) is 0 Å². The summed E-state index contributed by atoms with van der Waals surface area (Å²) in [5.74, 6) is 0.182. The fourth-order valence-electron chi connectivity index (χ4n) is 2.48. The van der Waals surface area contributed by atoms with Gasteiger partial charge in [-0.1, -0.05) is 0 Å². The van der Waals surface area contributed by atoms with Gasteiger partial charge in [0.05, 0.1) is 6.04 Å². The van der Waals surface area contributed by atoms with Crippen molar-refractivity contribution in [3.8, 4) is 0 Å². The van der Waals surface area contributed by atoms with Crippen LogP contribution in [-0.2, 0) is 24.1 Å². The Hall–Kier alpha value is -1.78. The molecule has 0 radical (unpaired) electrons.